The van der Waals surface area contributed by atoms with Gasteiger partial charge in [0.15, 0.2) is 4.77 Å². The first-order valence-corrected chi connectivity index (χ1v) is 8.25. The van der Waals surface area contributed by atoms with Crippen molar-refractivity contribution >= 4 is 24.2 Å². The molecular formula is C16H20N4O2S. The molecule has 0 bridgehead atoms. The second-order valence-electron chi connectivity index (χ2n) is 5.60. The van der Waals surface area contributed by atoms with Crippen molar-refractivity contribution in [1.29, 1.82) is 0 Å². The van der Waals surface area contributed by atoms with Gasteiger partial charge in [0.2, 0.25) is 5.91 Å². The van der Waals surface area contributed by atoms with Crippen LogP contribution >= 0.6 is 12.2 Å². The van der Waals surface area contributed by atoms with Crippen LogP contribution in [0.25, 0.3) is 6.08 Å². The highest BCUT2D eigenvalue weighted by Crippen LogP contribution is 2.26. The van der Waals surface area contributed by atoms with Crippen LogP contribution < -0.4 is 0 Å². The summed E-state index contributed by atoms with van der Waals surface area (Å²) in [5, 5.41) is 7.22. The van der Waals surface area contributed by atoms with Gasteiger partial charge in [-0.25, -0.2) is 0 Å². The highest BCUT2D eigenvalue weighted by Gasteiger charge is 2.27. The summed E-state index contributed by atoms with van der Waals surface area (Å²) >= 11 is 5.25. The summed E-state index contributed by atoms with van der Waals surface area (Å²) in [4.78, 5) is 14.2. The molecule has 122 valence electrons. The molecule has 1 aliphatic rings. The summed E-state index contributed by atoms with van der Waals surface area (Å²) in [5.41, 5.74) is 0. The van der Waals surface area contributed by atoms with E-state index in [0.29, 0.717) is 17.1 Å². The summed E-state index contributed by atoms with van der Waals surface area (Å²) in [6.45, 7) is 4.27. The molecule has 3 rings (SSSR count). The normalized spacial score (nSPS) is 18.7. The van der Waals surface area contributed by atoms with Gasteiger partial charge in [-0.3, -0.25) is 9.89 Å². The van der Waals surface area contributed by atoms with Gasteiger partial charge >= 0.3 is 0 Å². The van der Waals surface area contributed by atoms with Crippen LogP contribution in [-0.2, 0) is 11.3 Å². The highest BCUT2D eigenvalue weighted by atomic mass is 32.1. The fourth-order valence-corrected chi connectivity index (χ4v) is 3.25. The summed E-state index contributed by atoms with van der Waals surface area (Å²) in [6, 6.07) is 3.62. The number of aromatic nitrogens is 3. The number of piperidine rings is 1. The summed E-state index contributed by atoms with van der Waals surface area (Å²) in [5.74, 6) is 1.85. The molecule has 6 nitrogen and oxygen atoms in total. The number of aromatic amines is 1. The van der Waals surface area contributed by atoms with E-state index in [1.807, 2.05) is 22.5 Å². The van der Waals surface area contributed by atoms with Crippen LogP contribution in [-0.4, -0.2) is 38.7 Å². The number of amides is 1. The van der Waals surface area contributed by atoms with Gasteiger partial charge in [-0.15, -0.1) is 0 Å². The molecule has 1 saturated heterocycles. The Bertz CT molecular complexity index is 744. The minimum absolute atomic E-state index is 0.00304. The maximum atomic E-state index is 12.4. The molecule has 0 aromatic carbocycles. The number of rotatable bonds is 4. The van der Waals surface area contributed by atoms with E-state index < -0.39 is 0 Å². The van der Waals surface area contributed by atoms with E-state index in [-0.39, 0.29) is 11.8 Å². The lowest BCUT2D eigenvalue weighted by Crippen LogP contribution is -2.38. The maximum Gasteiger partial charge on any atom is 0.246 e. The summed E-state index contributed by atoms with van der Waals surface area (Å²) in [6.07, 6.45) is 6.85. The van der Waals surface area contributed by atoms with E-state index in [4.69, 9.17) is 16.6 Å². The minimum atomic E-state index is 0.00304. The van der Waals surface area contributed by atoms with Crippen LogP contribution in [0.4, 0.5) is 0 Å². The van der Waals surface area contributed by atoms with Crippen LogP contribution in [0.15, 0.2) is 28.9 Å². The standard InChI is InChI=1S/C16H20N4O2S/c1-2-20-15(17-18-16(20)23)12-5-3-9-19(11-12)14(21)8-7-13-6-4-10-22-13/h4,6-8,10,12H,2-3,5,9,11H2,1H3,(H,18,23)/b8-7+/t12-/m0/s1. The van der Waals surface area contributed by atoms with E-state index >= 15 is 0 Å². The molecule has 0 radical (unpaired) electrons. The first-order valence-electron chi connectivity index (χ1n) is 7.84. The molecule has 0 aliphatic carbocycles. The average Bonchev–Trinajstić information content (AvgIpc) is 3.22. The van der Waals surface area contributed by atoms with Crippen LogP contribution in [0.2, 0.25) is 0 Å². The molecule has 3 heterocycles. The van der Waals surface area contributed by atoms with Gasteiger partial charge in [0, 0.05) is 31.6 Å². The van der Waals surface area contributed by atoms with Gasteiger partial charge in [0.25, 0.3) is 0 Å². The molecule has 0 unspecified atom stereocenters. The first-order chi connectivity index (χ1) is 11.2. The monoisotopic (exact) mass is 332 g/mol. The Labute approximate surface area is 139 Å². The van der Waals surface area contributed by atoms with Crippen molar-refractivity contribution in [3.8, 4) is 0 Å². The second kappa shape index (κ2) is 6.95. The van der Waals surface area contributed by atoms with Crippen molar-refractivity contribution in [2.75, 3.05) is 13.1 Å². The van der Waals surface area contributed by atoms with Crippen molar-refractivity contribution in [2.24, 2.45) is 0 Å². The Hall–Kier alpha value is -2.15. The van der Waals surface area contributed by atoms with Gasteiger partial charge in [0.1, 0.15) is 11.6 Å². The number of likely N-dealkylation sites (tertiary alicyclic amines) is 1. The topological polar surface area (TPSA) is 67.1 Å². The lowest BCUT2D eigenvalue weighted by Gasteiger charge is -2.31. The molecule has 1 atom stereocenters. The fraction of sp³-hybridized carbons (Fsp3) is 0.438. The number of carbonyl (C=O) groups is 1. The molecular weight excluding hydrogens is 312 g/mol. The van der Waals surface area contributed by atoms with E-state index in [1.54, 1.807) is 24.5 Å². The second-order valence-corrected chi connectivity index (χ2v) is 5.99. The number of nitrogens with zero attached hydrogens (tertiary/aromatic N) is 3. The third-order valence-corrected chi connectivity index (χ3v) is 4.45. The van der Waals surface area contributed by atoms with E-state index in [2.05, 4.69) is 10.2 Å². The molecule has 0 spiro atoms. The zero-order chi connectivity index (χ0) is 16.2. The Morgan fingerprint density at radius 3 is 3.22 bits per heavy atom. The molecule has 2 aromatic heterocycles. The lowest BCUT2D eigenvalue weighted by molar-refractivity contribution is -0.127. The number of hydrogen-bond acceptors (Lipinski definition) is 4. The zero-order valence-corrected chi connectivity index (χ0v) is 13.9. The quantitative estimate of drug-likeness (QED) is 0.690. The number of carbonyl (C=O) groups excluding carboxylic acids is 1. The predicted molar refractivity (Wildman–Crippen MR) is 89.4 cm³/mol. The van der Waals surface area contributed by atoms with Crippen molar-refractivity contribution in [3.05, 3.63) is 40.8 Å². The summed E-state index contributed by atoms with van der Waals surface area (Å²) < 4.78 is 7.86. The number of nitrogens with one attached hydrogen (secondary N) is 1. The fourth-order valence-electron chi connectivity index (χ4n) is 2.98. The molecule has 0 saturated carbocycles. The zero-order valence-electron chi connectivity index (χ0n) is 13.1. The molecule has 2 aromatic rings. The Morgan fingerprint density at radius 1 is 1.61 bits per heavy atom. The number of hydrogen-bond donors (Lipinski definition) is 1. The largest absolute Gasteiger partial charge is 0.465 e. The Kier molecular flexibility index (Phi) is 4.76. The van der Waals surface area contributed by atoms with Gasteiger partial charge < -0.3 is 13.9 Å². The third-order valence-electron chi connectivity index (χ3n) is 4.14. The molecule has 23 heavy (non-hydrogen) atoms. The van der Waals surface area contributed by atoms with Gasteiger partial charge in [0.05, 0.1) is 6.26 Å². The smallest absolute Gasteiger partial charge is 0.246 e. The molecule has 1 aliphatic heterocycles. The first kappa shape index (κ1) is 15.7. The van der Waals surface area contributed by atoms with E-state index in [1.165, 1.54) is 0 Å². The molecule has 1 fully saturated rings. The lowest BCUT2D eigenvalue weighted by atomic mass is 9.97. The maximum absolute atomic E-state index is 12.4. The van der Waals surface area contributed by atoms with Crippen LogP contribution in [0.3, 0.4) is 0 Å². The predicted octanol–water partition coefficient (Wildman–Crippen LogP) is 2.97. The number of H-pyrrole nitrogens is 1. The molecule has 1 amide bonds. The van der Waals surface area contributed by atoms with Crippen molar-refractivity contribution in [1.82, 2.24) is 19.7 Å². The molecule has 7 heteroatoms. The summed E-state index contributed by atoms with van der Waals surface area (Å²) in [7, 11) is 0. The van der Waals surface area contributed by atoms with Crippen molar-refractivity contribution < 1.29 is 9.21 Å². The Morgan fingerprint density at radius 2 is 2.48 bits per heavy atom. The van der Waals surface area contributed by atoms with Crippen LogP contribution in [0.5, 0.6) is 0 Å². The Balaban J connectivity index is 1.70. The highest BCUT2D eigenvalue weighted by molar-refractivity contribution is 7.71. The van der Waals surface area contributed by atoms with Crippen molar-refractivity contribution in [2.45, 2.75) is 32.2 Å². The van der Waals surface area contributed by atoms with E-state index in [0.717, 1.165) is 31.8 Å². The van der Waals surface area contributed by atoms with Gasteiger partial charge in [-0.1, -0.05) is 0 Å². The number of furan rings is 1. The van der Waals surface area contributed by atoms with Gasteiger partial charge in [-0.05, 0) is 50.2 Å². The van der Waals surface area contributed by atoms with Crippen molar-refractivity contribution in [3.63, 3.8) is 0 Å². The third kappa shape index (κ3) is 3.44. The minimum Gasteiger partial charge on any atom is -0.465 e. The van der Waals surface area contributed by atoms with Crippen LogP contribution in [0, 0.1) is 4.77 Å². The van der Waals surface area contributed by atoms with E-state index in [9.17, 15) is 4.79 Å². The SMILES string of the molecule is CCn1c([C@H]2CCCN(C(=O)/C=C/c3ccco3)C2)n[nH]c1=S. The van der Waals surface area contributed by atoms with Crippen LogP contribution in [0.1, 0.15) is 37.3 Å². The van der Waals surface area contributed by atoms with Gasteiger partial charge in [-0.2, -0.15) is 5.10 Å². The average molecular weight is 332 g/mol. The molecule has 1 N–H and O–H groups in total.